The molecule has 0 aromatic carbocycles. The number of hydrogen-bond donors (Lipinski definition) is 0. The van der Waals surface area contributed by atoms with Gasteiger partial charge in [0.05, 0.1) is 11.8 Å². The van der Waals surface area contributed by atoms with E-state index in [9.17, 15) is 14.4 Å². The van der Waals surface area contributed by atoms with Gasteiger partial charge in [0.1, 0.15) is 5.78 Å². The Morgan fingerprint density at radius 1 is 0.923 bits per heavy atom. The maximum Gasteiger partial charge on any atom is 0.318 e. The zero-order valence-corrected chi connectivity index (χ0v) is 6.86. The van der Waals surface area contributed by atoms with Gasteiger partial charge in [-0.3, -0.25) is 14.4 Å². The van der Waals surface area contributed by atoms with Crippen LogP contribution < -0.4 is 0 Å². The Kier molecular flexibility index (Phi) is 1.11. The van der Waals surface area contributed by atoms with Gasteiger partial charge < -0.3 is 4.74 Å². The van der Waals surface area contributed by atoms with Crippen LogP contribution in [-0.4, -0.2) is 17.7 Å². The van der Waals surface area contributed by atoms with Crippen molar-refractivity contribution in [1.29, 1.82) is 0 Å². The monoisotopic (exact) mass is 180 g/mol. The smallest absolute Gasteiger partial charge is 0.318 e. The van der Waals surface area contributed by atoms with Crippen molar-refractivity contribution in [3.05, 3.63) is 0 Å². The third-order valence-electron chi connectivity index (χ3n) is 3.52. The average molecular weight is 180 g/mol. The molecule has 4 unspecified atom stereocenters. The Labute approximate surface area is 74.2 Å². The summed E-state index contributed by atoms with van der Waals surface area (Å²) in [7, 11) is 0. The maximum absolute atomic E-state index is 11.5. The topological polar surface area (TPSA) is 60.4 Å². The highest BCUT2D eigenvalue weighted by atomic mass is 16.6. The largest absolute Gasteiger partial charge is 0.393 e. The highest BCUT2D eigenvalue weighted by molar-refractivity contribution is 6.06. The van der Waals surface area contributed by atoms with Crippen molar-refractivity contribution in [2.24, 2.45) is 23.7 Å². The number of rotatable bonds is 0. The van der Waals surface area contributed by atoms with E-state index in [0.29, 0.717) is 0 Å². The van der Waals surface area contributed by atoms with Gasteiger partial charge in [0, 0.05) is 11.8 Å². The molecule has 0 amide bonds. The summed E-state index contributed by atoms with van der Waals surface area (Å²) in [4.78, 5) is 33.9. The van der Waals surface area contributed by atoms with E-state index in [-0.39, 0.29) is 17.6 Å². The van der Waals surface area contributed by atoms with E-state index in [0.717, 1.165) is 12.8 Å². The lowest BCUT2D eigenvalue weighted by molar-refractivity contribution is -0.156. The minimum Gasteiger partial charge on any atom is -0.393 e. The molecule has 3 fully saturated rings. The predicted octanol–water partition coefficient (Wildman–Crippen LogP) is -0.0889. The molecule has 0 N–H and O–H groups in total. The molecule has 3 aliphatic rings. The van der Waals surface area contributed by atoms with Crippen LogP contribution in [0.3, 0.4) is 0 Å². The summed E-state index contributed by atoms with van der Waals surface area (Å²) in [6.45, 7) is 0. The summed E-state index contributed by atoms with van der Waals surface area (Å²) >= 11 is 0. The first-order chi connectivity index (χ1) is 6.20. The first-order valence-electron chi connectivity index (χ1n) is 4.49. The first kappa shape index (κ1) is 7.24. The molecule has 4 atom stereocenters. The van der Waals surface area contributed by atoms with Gasteiger partial charge in [-0.05, 0) is 12.8 Å². The Bertz CT molecular complexity index is 303. The molecule has 1 heterocycles. The van der Waals surface area contributed by atoms with Gasteiger partial charge >= 0.3 is 11.9 Å². The summed E-state index contributed by atoms with van der Waals surface area (Å²) in [5.74, 6) is -2.13. The molecule has 3 rings (SSSR count). The summed E-state index contributed by atoms with van der Waals surface area (Å²) in [5, 5.41) is 0. The van der Waals surface area contributed by atoms with Crippen molar-refractivity contribution >= 4 is 17.7 Å². The van der Waals surface area contributed by atoms with Gasteiger partial charge in [0.25, 0.3) is 0 Å². The summed E-state index contributed by atoms with van der Waals surface area (Å²) in [6, 6.07) is 0. The molecular formula is C9H8O4. The zero-order valence-electron chi connectivity index (χ0n) is 6.86. The molecule has 0 spiro atoms. The van der Waals surface area contributed by atoms with Gasteiger partial charge in [-0.25, -0.2) is 0 Å². The third-order valence-corrected chi connectivity index (χ3v) is 3.52. The van der Waals surface area contributed by atoms with Crippen molar-refractivity contribution in [3.63, 3.8) is 0 Å². The number of fused-ring (bicyclic) bond motifs is 5. The fraction of sp³-hybridized carbons (Fsp3) is 0.667. The Morgan fingerprint density at radius 3 is 1.85 bits per heavy atom. The molecule has 2 saturated carbocycles. The van der Waals surface area contributed by atoms with E-state index in [1.807, 2.05) is 0 Å². The van der Waals surface area contributed by atoms with E-state index < -0.39 is 23.8 Å². The molecular weight excluding hydrogens is 172 g/mol. The fourth-order valence-corrected chi connectivity index (χ4v) is 2.99. The normalized spacial score (nSPS) is 46.9. The SMILES string of the molecule is O=C1C2CCC1C1C(=O)OC(=O)C21. The van der Waals surface area contributed by atoms with E-state index in [1.165, 1.54) is 0 Å². The second-order valence-corrected chi connectivity index (χ2v) is 3.98. The first-order valence-corrected chi connectivity index (χ1v) is 4.49. The summed E-state index contributed by atoms with van der Waals surface area (Å²) in [6.07, 6.45) is 1.51. The summed E-state index contributed by atoms with van der Waals surface area (Å²) in [5.41, 5.74) is 0. The molecule has 2 bridgehead atoms. The number of hydrogen-bond acceptors (Lipinski definition) is 4. The highest BCUT2D eigenvalue weighted by Gasteiger charge is 2.64. The minimum absolute atomic E-state index is 0.111. The van der Waals surface area contributed by atoms with Gasteiger partial charge in [-0.1, -0.05) is 0 Å². The second kappa shape index (κ2) is 2.00. The quantitative estimate of drug-likeness (QED) is 0.386. The second-order valence-electron chi connectivity index (χ2n) is 3.98. The van der Waals surface area contributed by atoms with Crippen LogP contribution in [0.4, 0.5) is 0 Å². The molecule has 0 radical (unpaired) electrons. The van der Waals surface area contributed by atoms with Crippen LogP contribution in [0, 0.1) is 23.7 Å². The molecule has 4 nitrogen and oxygen atoms in total. The Balaban J connectivity index is 2.09. The van der Waals surface area contributed by atoms with Gasteiger partial charge in [-0.2, -0.15) is 0 Å². The number of ketones is 1. The standard InChI is InChI=1S/C9H8O4/c10-7-3-1-2-4(7)6-5(3)8(11)13-9(6)12/h3-6H,1-2H2. The zero-order chi connectivity index (χ0) is 9.16. The molecule has 0 aromatic heterocycles. The van der Waals surface area contributed by atoms with Crippen LogP contribution in [0.25, 0.3) is 0 Å². The van der Waals surface area contributed by atoms with Crippen LogP contribution in [0.15, 0.2) is 0 Å². The average Bonchev–Trinajstić information content (AvgIpc) is 2.67. The maximum atomic E-state index is 11.5. The number of carbonyl (C=O) groups excluding carboxylic acids is 3. The highest BCUT2D eigenvalue weighted by Crippen LogP contribution is 2.53. The van der Waals surface area contributed by atoms with Crippen molar-refractivity contribution in [1.82, 2.24) is 0 Å². The lowest BCUT2D eigenvalue weighted by Gasteiger charge is -2.15. The Hall–Kier alpha value is -1.19. The van der Waals surface area contributed by atoms with Crippen LogP contribution in [0.2, 0.25) is 0 Å². The molecule has 1 saturated heterocycles. The van der Waals surface area contributed by atoms with Gasteiger partial charge in [-0.15, -0.1) is 0 Å². The van der Waals surface area contributed by atoms with Crippen LogP contribution in [0.1, 0.15) is 12.8 Å². The van der Waals surface area contributed by atoms with Gasteiger partial charge in [0.15, 0.2) is 0 Å². The van der Waals surface area contributed by atoms with E-state index >= 15 is 0 Å². The lowest BCUT2D eigenvalue weighted by Crippen LogP contribution is -2.24. The molecule has 13 heavy (non-hydrogen) atoms. The molecule has 0 aromatic rings. The van der Waals surface area contributed by atoms with E-state index in [1.54, 1.807) is 0 Å². The van der Waals surface area contributed by atoms with Crippen LogP contribution in [0.5, 0.6) is 0 Å². The number of Topliss-reactive ketones (excluding diaryl/α,β-unsaturated/α-hetero) is 1. The van der Waals surface area contributed by atoms with Gasteiger partial charge in [0.2, 0.25) is 0 Å². The van der Waals surface area contributed by atoms with Crippen LogP contribution >= 0.6 is 0 Å². The molecule has 1 aliphatic heterocycles. The number of carbonyl (C=O) groups is 3. The lowest BCUT2D eigenvalue weighted by atomic mass is 9.81. The van der Waals surface area contributed by atoms with Crippen molar-refractivity contribution in [2.45, 2.75) is 12.8 Å². The predicted molar refractivity (Wildman–Crippen MR) is 39.3 cm³/mol. The van der Waals surface area contributed by atoms with E-state index in [2.05, 4.69) is 4.74 Å². The summed E-state index contributed by atoms with van der Waals surface area (Å²) < 4.78 is 4.53. The number of esters is 2. The van der Waals surface area contributed by atoms with E-state index in [4.69, 9.17) is 0 Å². The third kappa shape index (κ3) is 0.654. The van der Waals surface area contributed by atoms with Crippen LogP contribution in [-0.2, 0) is 19.1 Å². The molecule has 2 aliphatic carbocycles. The number of ether oxygens (including phenoxy) is 1. The van der Waals surface area contributed by atoms with Crippen molar-refractivity contribution < 1.29 is 19.1 Å². The fourth-order valence-electron chi connectivity index (χ4n) is 2.99. The number of cyclic esters (lactones) is 2. The molecule has 68 valence electrons. The minimum atomic E-state index is -0.476. The molecule has 4 heteroatoms. The van der Waals surface area contributed by atoms with Crippen molar-refractivity contribution in [3.8, 4) is 0 Å². The Morgan fingerprint density at radius 2 is 1.38 bits per heavy atom. The van der Waals surface area contributed by atoms with Crippen molar-refractivity contribution in [2.75, 3.05) is 0 Å².